The molecule has 0 radical (unpaired) electrons. The summed E-state index contributed by atoms with van der Waals surface area (Å²) in [6, 6.07) is 0. The van der Waals surface area contributed by atoms with Crippen LogP contribution in [0.3, 0.4) is 0 Å². The molecule has 2 N–H and O–H groups in total. The van der Waals surface area contributed by atoms with Crippen molar-refractivity contribution in [2.45, 2.75) is 130 Å². The number of ether oxygens (including phenoxy) is 1. The van der Waals surface area contributed by atoms with Crippen LogP contribution < -0.4 is 0 Å². The quantitative estimate of drug-likeness (QED) is 0.374. The first-order chi connectivity index (χ1) is 17.8. The Labute approximate surface area is 230 Å². The van der Waals surface area contributed by atoms with Gasteiger partial charge in [0.05, 0.1) is 12.0 Å². The highest BCUT2D eigenvalue weighted by Gasteiger charge is 2.83. The molecule has 13 atom stereocenters. The van der Waals surface area contributed by atoms with Crippen molar-refractivity contribution in [3.63, 3.8) is 0 Å². The van der Waals surface area contributed by atoms with Gasteiger partial charge >= 0.3 is 5.97 Å². The predicted octanol–water partition coefficient (Wildman–Crippen LogP) is 7.43. The van der Waals surface area contributed by atoms with Crippen LogP contribution in [0.5, 0.6) is 0 Å². The lowest BCUT2D eigenvalue weighted by Crippen LogP contribution is -2.78. The van der Waals surface area contributed by atoms with Gasteiger partial charge in [0.1, 0.15) is 0 Å². The van der Waals surface area contributed by atoms with Crippen LogP contribution in [0.4, 0.5) is 0 Å². The van der Waals surface area contributed by atoms with Crippen molar-refractivity contribution in [2.24, 2.45) is 67.5 Å². The Morgan fingerprint density at radius 1 is 0.868 bits per heavy atom. The summed E-state index contributed by atoms with van der Waals surface area (Å²) >= 11 is 0. The maximum atomic E-state index is 12.6. The molecule has 1 heterocycles. The van der Waals surface area contributed by atoms with Gasteiger partial charge in [0.2, 0.25) is 0 Å². The molecule has 8 aliphatic rings. The van der Waals surface area contributed by atoms with Gasteiger partial charge in [-0.2, -0.15) is 0 Å². The molecule has 7 aliphatic carbocycles. The molecule has 4 heteroatoms. The Bertz CT molecular complexity index is 1100. The van der Waals surface area contributed by atoms with Gasteiger partial charge in [0, 0.05) is 17.8 Å². The minimum absolute atomic E-state index is 0.139. The van der Waals surface area contributed by atoms with E-state index < -0.39 is 17.2 Å². The number of carboxylic acids is 1. The molecule has 8 rings (SSSR count). The van der Waals surface area contributed by atoms with Crippen molar-refractivity contribution < 1.29 is 19.7 Å². The van der Waals surface area contributed by atoms with Crippen LogP contribution >= 0.6 is 0 Å². The molecule has 7 saturated carbocycles. The summed E-state index contributed by atoms with van der Waals surface area (Å²) < 4.78 is 6.37. The summed E-state index contributed by atoms with van der Waals surface area (Å²) in [5.41, 5.74) is 1.07. The van der Waals surface area contributed by atoms with Crippen LogP contribution in [0.2, 0.25) is 0 Å². The first-order valence-corrected chi connectivity index (χ1v) is 16.4. The molecule has 212 valence electrons. The number of aliphatic carboxylic acids is 1. The lowest BCUT2D eigenvalue weighted by Gasteiger charge is -2.84. The van der Waals surface area contributed by atoms with Gasteiger partial charge in [-0.25, -0.2) is 0 Å². The van der Waals surface area contributed by atoms with Crippen LogP contribution in [-0.4, -0.2) is 28.6 Å². The average Bonchev–Trinajstić information content (AvgIpc) is 3.01. The number of hydrogen-bond acceptors (Lipinski definition) is 3. The molecule has 0 aromatic heterocycles. The lowest BCUT2D eigenvalue weighted by molar-refractivity contribution is -0.367. The largest absolute Gasteiger partial charge is 0.481 e. The normalized spacial score (nSPS) is 65.8. The maximum absolute atomic E-state index is 12.6. The van der Waals surface area contributed by atoms with Crippen molar-refractivity contribution >= 4 is 5.97 Å². The van der Waals surface area contributed by atoms with E-state index in [4.69, 9.17) is 4.74 Å². The molecule has 4 nitrogen and oxygen atoms in total. The second-order valence-electron chi connectivity index (χ2n) is 17.5. The number of rotatable bonds is 1. The summed E-state index contributed by atoms with van der Waals surface area (Å²) in [5.74, 6) is 1.29. The molecule has 0 aromatic carbocycles. The number of aliphatic hydroxyl groups is 1. The van der Waals surface area contributed by atoms with Crippen LogP contribution in [0.25, 0.3) is 0 Å². The molecule has 0 aromatic rings. The molecule has 1 aliphatic heterocycles. The third kappa shape index (κ3) is 2.32. The van der Waals surface area contributed by atoms with E-state index in [1.807, 2.05) is 0 Å². The zero-order valence-electron chi connectivity index (χ0n) is 24.7. The van der Waals surface area contributed by atoms with Gasteiger partial charge in [-0.1, -0.05) is 34.1 Å². The fourth-order valence-electron chi connectivity index (χ4n) is 15.4. The van der Waals surface area contributed by atoms with Crippen LogP contribution in [-0.2, 0) is 9.53 Å². The zero-order chi connectivity index (χ0) is 26.8. The van der Waals surface area contributed by atoms with E-state index in [9.17, 15) is 15.0 Å². The Balaban J connectivity index is 1.31. The Kier molecular flexibility index (Phi) is 4.55. The smallest absolute Gasteiger partial charge is 0.309 e. The number of hydrogen-bond donors (Lipinski definition) is 2. The van der Waals surface area contributed by atoms with E-state index in [1.165, 1.54) is 64.2 Å². The minimum atomic E-state index is -0.903. The third-order valence-corrected chi connectivity index (χ3v) is 17.3. The monoisotopic (exact) mass is 524 g/mol. The highest BCUT2D eigenvalue weighted by molar-refractivity contribution is 5.74. The fraction of sp³-hybridized carbons (Fsp3) is 0.971. The second-order valence-corrected chi connectivity index (χ2v) is 17.5. The van der Waals surface area contributed by atoms with Gasteiger partial charge in [0.15, 0.2) is 5.79 Å². The number of carbonyl (C=O) groups is 1. The van der Waals surface area contributed by atoms with Crippen molar-refractivity contribution in [3.8, 4) is 0 Å². The van der Waals surface area contributed by atoms with E-state index in [0.717, 1.165) is 38.2 Å². The lowest BCUT2D eigenvalue weighted by atomic mass is 9.19. The summed E-state index contributed by atoms with van der Waals surface area (Å²) in [7, 11) is 0. The molecule has 4 bridgehead atoms. The molecule has 2 spiro atoms. The topological polar surface area (TPSA) is 66.8 Å². The van der Waals surface area contributed by atoms with Gasteiger partial charge in [-0.3, -0.25) is 4.79 Å². The Hall–Kier alpha value is -0.610. The first kappa shape index (κ1) is 25.1. The average molecular weight is 525 g/mol. The summed E-state index contributed by atoms with van der Waals surface area (Å²) in [4.78, 5) is 12.6. The van der Waals surface area contributed by atoms with Gasteiger partial charge in [-0.15, -0.1) is 0 Å². The standard InChI is InChI=1S/C34H52O4/c1-21-31-15-16-33-10-6-9-32(18-23-8-7-22(25(31)30(23,33)5)17-34(21,37)38-20-31)24-19-28(3,26(35)36)12-11-27(24,2)13-14-29(32,33)4/h21-25,37H,6-20H2,1-5H3,(H,35,36)/t21-,22+,23+,24-,25+,27-,28-,29+,30+,31+,32+,33-,34+/m1/s1. The minimum Gasteiger partial charge on any atom is -0.481 e. The maximum Gasteiger partial charge on any atom is 0.309 e. The zero-order valence-corrected chi connectivity index (χ0v) is 24.7. The predicted molar refractivity (Wildman–Crippen MR) is 146 cm³/mol. The third-order valence-electron chi connectivity index (χ3n) is 17.3. The molecule has 1 saturated heterocycles. The summed E-state index contributed by atoms with van der Waals surface area (Å²) in [6.45, 7) is 13.2. The van der Waals surface area contributed by atoms with Crippen molar-refractivity contribution in [1.82, 2.24) is 0 Å². The Morgan fingerprint density at radius 2 is 1.63 bits per heavy atom. The molecule has 0 unspecified atom stereocenters. The number of carboxylic acid groups (broad SMARTS) is 1. The molecule has 38 heavy (non-hydrogen) atoms. The van der Waals surface area contributed by atoms with E-state index in [-0.39, 0.29) is 22.2 Å². The number of fused-ring (bicyclic) bond motifs is 2. The molecule has 8 fully saturated rings. The van der Waals surface area contributed by atoms with Gasteiger partial charge in [0.25, 0.3) is 0 Å². The molecular weight excluding hydrogens is 472 g/mol. The van der Waals surface area contributed by atoms with Crippen molar-refractivity contribution in [1.29, 1.82) is 0 Å². The summed E-state index contributed by atoms with van der Waals surface area (Å²) in [6.07, 6.45) is 16.7. The van der Waals surface area contributed by atoms with Crippen LogP contribution in [0, 0.1) is 67.5 Å². The van der Waals surface area contributed by atoms with Crippen LogP contribution in [0.1, 0.15) is 125 Å². The van der Waals surface area contributed by atoms with E-state index >= 15 is 0 Å². The van der Waals surface area contributed by atoms with Crippen molar-refractivity contribution in [2.75, 3.05) is 6.61 Å². The highest BCUT2D eigenvalue weighted by Crippen LogP contribution is 2.89. The van der Waals surface area contributed by atoms with Gasteiger partial charge < -0.3 is 14.9 Å². The second kappa shape index (κ2) is 6.88. The van der Waals surface area contributed by atoms with E-state index in [1.54, 1.807) is 0 Å². The van der Waals surface area contributed by atoms with E-state index in [2.05, 4.69) is 34.6 Å². The van der Waals surface area contributed by atoms with Crippen LogP contribution in [0.15, 0.2) is 0 Å². The van der Waals surface area contributed by atoms with Gasteiger partial charge in [-0.05, 0) is 135 Å². The first-order valence-electron chi connectivity index (χ1n) is 16.4. The van der Waals surface area contributed by atoms with Crippen molar-refractivity contribution in [3.05, 3.63) is 0 Å². The highest BCUT2D eigenvalue weighted by atomic mass is 16.6. The SMILES string of the molecule is C[C@@H]1[C@]23CC[C@@]45CCC[C@]6(C[C@@H]7CC[C@@H](C[C@]1(O)OC2)[C@H]3[C@]74C)[C@@H]1C[C@](C)(C(=O)O)CC[C@]1(C)CC[C@@]65C. The molecule has 0 amide bonds. The fourth-order valence-corrected chi connectivity index (χ4v) is 15.4. The molecular formula is C34H52O4. The Morgan fingerprint density at radius 3 is 2.39 bits per heavy atom. The summed E-state index contributed by atoms with van der Waals surface area (Å²) in [5, 5.41) is 22.0. The van der Waals surface area contributed by atoms with E-state index in [0.29, 0.717) is 34.0 Å².